The van der Waals surface area contributed by atoms with Gasteiger partial charge >= 0.3 is 0 Å². The van der Waals surface area contributed by atoms with Crippen molar-refractivity contribution in [3.63, 3.8) is 0 Å². The number of nitrogens with zero attached hydrogens (tertiary/aromatic N) is 3. The molecule has 0 aliphatic carbocycles. The second kappa shape index (κ2) is 4.02. The molecule has 2 rings (SSSR count). The van der Waals surface area contributed by atoms with Gasteiger partial charge in [0.05, 0.1) is 0 Å². The maximum Gasteiger partial charge on any atom is 0.115 e. The van der Waals surface area contributed by atoms with Crippen molar-refractivity contribution < 1.29 is 0 Å². The highest BCUT2D eigenvalue weighted by molar-refractivity contribution is 5.03. The third kappa shape index (κ3) is 1.91. The van der Waals surface area contributed by atoms with Crippen LogP contribution in [0.3, 0.4) is 0 Å². The molecule has 1 aromatic rings. The van der Waals surface area contributed by atoms with Crippen LogP contribution in [0.15, 0.2) is 18.7 Å². The smallest absolute Gasteiger partial charge is 0.115 e. The molecule has 76 valence electrons. The molecule has 2 unspecified atom stereocenters. The van der Waals surface area contributed by atoms with Crippen LogP contribution in [0.5, 0.6) is 0 Å². The second-order valence-electron chi connectivity index (χ2n) is 3.91. The Hall–Kier alpha value is -1.00. The summed E-state index contributed by atoms with van der Waals surface area (Å²) in [7, 11) is 0. The van der Waals surface area contributed by atoms with E-state index in [0.717, 1.165) is 25.1 Å². The molecule has 4 nitrogen and oxygen atoms in total. The highest BCUT2D eigenvalue weighted by Crippen LogP contribution is 2.17. The van der Waals surface area contributed by atoms with Crippen molar-refractivity contribution in [2.45, 2.75) is 32.0 Å². The molecule has 2 atom stereocenters. The fourth-order valence-corrected chi connectivity index (χ4v) is 1.90. The molecule has 1 aromatic heterocycles. The van der Waals surface area contributed by atoms with E-state index in [1.54, 1.807) is 6.33 Å². The van der Waals surface area contributed by atoms with Crippen molar-refractivity contribution in [3.05, 3.63) is 24.3 Å². The summed E-state index contributed by atoms with van der Waals surface area (Å²) in [6, 6.07) is 0.787. The van der Waals surface area contributed by atoms with E-state index in [1.807, 2.05) is 12.4 Å². The molecular formula is C10H16N4. The van der Waals surface area contributed by atoms with Crippen molar-refractivity contribution in [1.29, 1.82) is 0 Å². The minimum absolute atomic E-state index is 0.319. The first kappa shape index (κ1) is 9.55. The Balaban J connectivity index is 1.99. The third-order valence-electron chi connectivity index (χ3n) is 2.94. The van der Waals surface area contributed by atoms with E-state index in [2.05, 4.69) is 21.8 Å². The second-order valence-corrected chi connectivity index (χ2v) is 3.91. The molecule has 1 fully saturated rings. The molecule has 2 N–H and O–H groups in total. The lowest BCUT2D eigenvalue weighted by atomic mass is 10.1. The molecule has 1 aliphatic heterocycles. The van der Waals surface area contributed by atoms with E-state index in [9.17, 15) is 0 Å². The zero-order chi connectivity index (χ0) is 9.97. The van der Waals surface area contributed by atoms with E-state index in [0.29, 0.717) is 12.1 Å². The molecule has 4 heteroatoms. The molecule has 0 spiro atoms. The van der Waals surface area contributed by atoms with Crippen molar-refractivity contribution >= 4 is 0 Å². The third-order valence-corrected chi connectivity index (χ3v) is 2.94. The molecule has 14 heavy (non-hydrogen) atoms. The normalized spacial score (nSPS) is 28.1. The Morgan fingerprint density at radius 3 is 2.79 bits per heavy atom. The largest absolute Gasteiger partial charge is 0.326 e. The van der Waals surface area contributed by atoms with Crippen molar-refractivity contribution in [2.75, 3.05) is 6.54 Å². The van der Waals surface area contributed by atoms with Gasteiger partial charge in [0.25, 0.3) is 0 Å². The van der Waals surface area contributed by atoms with Crippen LogP contribution in [0.25, 0.3) is 0 Å². The number of likely N-dealkylation sites (tertiary alicyclic amines) is 1. The average Bonchev–Trinajstić information content (AvgIpc) is 2.52. The van der Waals surface area contributed by atoms with E-state index >= 15 is 0 Å². The maximum absolute atomic E-state index is 5.95. The fourth-order valence-electron chi connectivity index (χ4n) is 1.90. The Kier molecular flexibility index (Phi) is 2.74. The summed E-state index contributed by atoms with van der Waals surface area (Å²) in [6.07, 6.45) is 6.38. The minimum Gasteiger partial charge on any atom is -0.326 e. The first-order chi connectivity index (χ1) is 6.77. The Morgan fingerprint density at radius 2 is 2.21 bits per heavy atom. The van der Waals surface area contributed by atoms with Crippen molar-refractivity contribution in [3.8, 4) is 0 Å². The molecule has 2 heterocycles. The first-order valence-electron chi connectivity index (χ1n) is 5.01. The summed E-state index contributed by atoms with van der Waals surface area (Å²) in [5.74, 6) is 0. The van der Waals surface area contributed by atoms with Gasteiger partial charge in [-0.15, -0.1) is 0 Å². The monoisotopic (exact) mass is 192 g/mol. The summed E-state index contributed by atoms with van der Waals surface area (Å²) in [6.45, 7) is 4.17. The Morgan fingerprint density at radius 1 is 1.50 bits per heavy atom. The van der Waals surface area contributed by atoms with Crippen LogP contribution >= 0.6 is 0 Å². The van der Waals surface area contributed by atoms with Crippen LogP contribution in [0.2, 0.25) is 0 Å². The SMILES string of the molecule is CC1C(N)CCN1Cc1cncnc1. The highest BCUT2D eigenvalue weighted by atomic mass is 15.2. The number of aromatic nitrogens is 2. The molecule has 1 aliphatic rings. The molecule has 0 saturated carbocycles. The zero-order valence-corrected chi connectivity index (χ0v) is 8.43. The van der Waals surface area contributed by atoms with Crippen LogP contribution in [0.4, 0.5) is 0 Å². The predicted octanol–water partition coefficient (Wildman–Crippen LogP) is 0.398. The van der Waals surface area contributed by atoms with Gasteiger partial charge in [-0.05, 0) is 13.3 Å². The van der Waals surface area contributed by atoms with Gasteiger partial charge in [-0.1, -0.05) is 0 Å². The van der Waals surface area contributed by atoms with Crippen LogP contribution < -0.4 is 5.73 Å². The highest BCUT2D eigenvalue weighted by Gasteiger charge is 2.27. The van der Waals surface area contributed by atoms with Gasteiger partial charge < -0.3 is 5.73 Å². The Labute approximate surface area is 84.2 Å². The predicted molar refractivity (Wildman–Crippen MR) is 54.5 cm³/mol. The number of hydrogen-bond donors (Lipinski definition) is 1. The van der Waals surface area contributed by atoms with Gasteiger partial charge in [-0.2, -0.15) is 0 Å². The summed E-state index contributed by atoms with van der Waals surface area (Å²) < 4.78 is 0. The number of nitrogens with two attached hydrogens (primary N) is 1. The van der Waals surface area contributed by atoms with Crippen LogP contribution in [0, 0.1) is 0 Å². The Bertz CT molecular complexity index is 287. The van der Waals surface area contributed by atoms with E-state index in [-0.39, 0.29) is 0 Å². The fraction of sp³-hybridized carbons (Fsp3) is 0.600. The molecular weight excluding hydrogens is 176 g/mol. The quantitative estimate of drug-likeness (QED) is 0.737. The van der Waals surface area contributed by atoms with Gasteiger partial charge in [0.2, 0.25) is 0 Å². The molecule has 0 aromatic carbocycles. The molecule has 0 bridgehead atoms. The van der Waals surface area contributed by atoms with Crippen LogP contribution in [0.1, 0.15) is 18.9 Å². The average molecular weight is 192 g/mol. The minimum atomic E-state index is 0.319. The van der Waals surface area contributed by atoms with Crippen LogP contribution in [-0.2, 0) is 6.54 Å². The lowest BCUT2D eigenvalue weighted by molar-refractivity contribution is 0.251. The van der Waals surface area contributed by atoms with Crippen LogP contribution in [-0.4, -0.2) is 33.5 Å². The van der Waals surface area contributed by atoms with E-state index in [4.69, 9.17) is 5.73 Å². The first-order valence-corrected chi connectivity index (χ1v) is 5.01. The zero-order valence-electron chi connectivity index (χ0n) is 8.43. The number of rotatable bonds is 2. The van der Waals surface area contributed by atoms with Crippen molar-refractivity contribution in [2.24, 2.45) is 5.73 Å². The summed E-state index contributed by atoms with van der Waals surface area (Å²) in [5.41, 5.74) is 7.11. The summed E-state index contributed by atoms with van der Waals surface area (Å²) in [4.78, 5) is 10.4. The van der Waals surface area contributed by atoms with Gasteiger partial charge in [-0.3, -0.25) is 4.90 Å². The molecule has 0 radical (unpaired) electrons. The lowest BCUT2D eigenvalue weighted by Crippen LogP contribution is -2.36. The molecule has 1 saturated heterocycles. The lowest BCUT2D eigenvalue weighted by Gasteiger charge is -2.22. The number of hydrogen-bond acceptors (Lipinski definition) is 4. The van der Waals surface area contributed by atoms with Gasteiger partial charge in [0.15, 0.2) is 0 Å². The van der Waals surface area contributed by atoms with Gasteiger partial charge in [0.1, 0.15) is 6.33 Å². The molecule has 0 amide bonds. The maximum atomic E-state index is 5.95. The van der Waals surface area contributed by atoms with E-state index in [1.165, 1.54) is 0 Å². The van der Waals surface area contributed by atoms with E-state index < -0.39 is 0 Å². The topological polar surface area (TPSA) is 55.0 Å². The summed E-state index contributed by atoms with van der Waals surface area (Å²) in [5, 5.41) is 0. The van der Waals surface area contributed by atoms with Gasteiger partial charge in [-0.25, -0.2) is 9.97 Å². The summed E-state index contributed by atoms with van der Waals surface area (Å²) >= 11 is 0. The standard InChI is InChI=1S/C10H16N4/c1-8-10(11)2-3-14(8)6-9-4-12-7-13-5-9/h4-5,7-8,10H,2-3,6,11H2,1H3. The van der Waals surface area contributed by atoms with Crippen molar-refractivity contribution in [1.82, 2.24) is 14.9 Å². The van der Waals surface area contributed by atoms with Gasteiger partial charge in [0, 0.05) is 43.1 Å².